The van der Waals surface area contributed by atoms with Gasteiger partial charge in [-0.05, 0) is 24.6 Å². The summed E-state index contributed by atoms with van der Waals surface area (Å²) in [5.41, 5.74) is 0. The lowest BCUT2D eigenvalue weighted by molar-refractivity contribution is 0.289. The summed E-state index contributed by atoms with van der Waals surface area (Å²) in [6, 6.07) is 3.61. The van der Waals surface area contributed by atoms with Crippen LogP contribution < -0.4 is 0 Å². The number of hydrogen-bond donors (Lipinski definition) is 0. The van der Waals surface area contributed by atoms with E-state index in [9.17, 15) is 0 Å². The average Bonchev–Trinajstić information content (AvgIpc) is 2.56. The normalized spacial score (nSPS) is 11.2. The van der Waals surface area contributed by atoms with Crippen LogP contribution in [0.25, 0.3) is 5.76 Å². The first-order valence-corrected chi connectivity index (χ1v) is 3.75. The van der Waals surface area contributed by atoms with Crippen LogP contribution >= 0.6 is 0 Å². The zero-order valence-corrected chi connectivity index (χ0v) is 6.99. The van der Waals surface area contributed by atoms with Crippen molar-refractivity contribution in [1.29, 1.82) is 0 Å². The second-order valence-electron chi connectivity index (χ2n) is 2.17. The molecule has 0 saturated carbocycles. The molecule has 64 valence electrons. The fourth-order valence-corrected chi connectivity index (χ4v) is 0.857. The molecule has 0 aromatic carbocycles. The zero-order chi connectivity index (χ0) is 8.81. The lowest BCUT2D eigenvalue weighted by atomic mass is 10.3. The molecule has 0 aliphatic rings. The first kappa shape index (κ1) is 8.59. The molecule has 0 amide bonds. The van der Waals surface area contributed by atoms with Crippen LogP contribution in [0.3, 0.4) is 0 Å². The Hall–Kier alpha value is -1.51. The maximum atomic E-state index is 5.12. The minimum atomic E-state index is 0.609. The summed E-state index contributed by atoms with van der Waals surface area (Å²) in [5.74, 6) is 1.28. The molecule has 1 heterocycles. The highest BCUT2D eigenvalue weighted by Crippen LogP contribution is 2.16. The minimum Gasteiger partial charge on any atom is -0.461 e. The van der Waals surface area contributed by atoms with Gasteiger partial charge in [-0.1, -0.05) is 12.1 Å². The maximum absolute atomic E-state index is 5.12. The SMILES string of the molecule is C=NO/C(=C\CC)c1ccco1. The summed E-state index contributed by atoms with van der Waals surface area (Å²) in [6.45, 7) is 5.25. The van der Waals surface area contributed by atoms with Gasteiger partial charge in [-0.3, -0.25) is 0 Å². The molecular weight excluding hydrogens is 154 g/mol. The fraction of sp³-hybridized carbons (Fsp3) is 0.222. The van der Waals surface area contributed by atoms with Gasteiger partial charge < -0.3 is 9.25 Å². The lowest BCUT2D eigenvalue weighted by Crippen LogP contribution is -1.82. The first-order valence-electron chi connectivity index (χ1n) is 3.75. The first-order chi connectivity index (χ1) is 5.88. The van der Waals surface area contributed by atoms with Gasteiger partial charge in [-0.25, -0.2) is 0 Å². The van der Waals surface area contributed by atoms with E-state index < -0.39 is 0 Å². The molecule has 0 spiro atoms. The van der Waals surface area contributed by atoms with Crippen LogP contribution in [0.15, 0.2) is 34.0 Å². The molecule has 0 atom stereocenters. The summed E-state index contributed by atoms with van der Waals surface area (Å²) in [7, 11) is 0. The standard InChI is InChI=1S/C9H11NO2/c1-3-5-9(12-10-2)8-6-4-7-11-8/h4-7H,2-3H2,1H3/b9-5-. The van der Waals surface area contributed by atoms with Crippen molar-refractivity contribution in [3.63, 3.8) is 0 Å². The van der Waals surface area contributed by atoms with Gasteiger partial charge in [0.2, 0.25) is 0 Å². The van der Waals surface area contributed by atoms with Crippen LogP contribution in [0.1, 0.15) is 19.1 Å². The Kier molecular flexibility index (Phi) is 3.14. The van der Waals surface area contributed by atoms with Crippen LogP contribution in [0.5, 0.6) is 0 Å². The van der Waals surface area contributed by atoms with Crippen molar-refractivity contribution in [2.45, 2.75) is 13.3 Å². The highest BCUT2D eigenvalue weighted by Gasteiger charge is 2.03. The van der Waals surface area contributed by atoms with E-state index in [-0.39, 0.29) is 0 Å². The summed E-state index contributed by atoms with van der Waals surface area (Å²) >= 11 is 0. The van der Waals surface area contributed by atoms with Gasteiger partial charge in [0.05, 0.1) is 6.26 Å². The third-order valence-corrected chi connectivity index (χ3v) is 1.32. The number of allylic oxidation sites excluding steroid dienone is 1. The predicted octanol–water partition coefficient (Wildman–Crippen LogP) is 2.66. The second kappa shape index (κ2) is 4.38. The summed E-state index contributed by atoms with van der Waals surface area (Å²) in [6.07, 6.45) is 4.34. The third-order valence-electron chi connectivity index (χ3n) is 1.32. The number of hydrogen-bond acceptors (Lipinski definition) is 3. The van der Waals surface area contributed by atoms with E-state index >= 15 is 0 Å². The van der Waals surface area contributed by atoms with Gasteiger partial charge in [0.1, 0.15) is 0 Å². The Labute approximate surface area is 71.3 Å². The summed E-state index contributed by atoms with van der Waals surface area (Å²) in [4.78, 5) is 4.91. The second-order valence-corrected chi connectivity index (χ2v) is 2.17. The molecule has 0 aliphatic heterocycles. The van der Waals surface area contributed by atoms with Crippen molar-refractivity contribution >= 4 is 12.5 Å². The lowest BCUT2D eigenvalue weighted by Gasteiger charge is -1.98. The maximum Gasteiger partial charge on any atom is 0.196 e. The van der Waals surface area contributed by atoms with E-state index in [0.717, 1.165) is 6.42 Å². The molecule has 0 fully saturated rings. The number of nitrogens with zero attached hydrogens (tertiary/aromatic N) is 1. The average molecular weight is 165 g/mol. The Morgan fingerprint density at radius 2 is 2.67 bits per heavy atom. The van der Waals surface area contributed by atoms with Gasteiger partial charge in [-0.15, -0.1) is 0 Å². The number of oxime groups is 1. The Morgan fingerprint density at radius 3 is 3.17 bits per heavy atom. The topological polar surface area (TPSA) is 34.7 Å². The molecule has 3 heteroatoms. The van der Waals surface area contributed by atoms with E-state index in [0.29, 0.717) is 11.5 Å². The predicted molar refractivity (Wildman–Crippen MR) is 47.6 cm³/mol. The number of furan rings is 1. The van der Waals surface area contributed by atoms with Crippen molar-refractivity contribution in [3.05, 3.63) is 30.2 Å². The largest absolute Gasteiger partial charge is 0.461 e. The van der Waals surface area contributed by atoms with Crippen molar-refractivity contribution in [2.24, 2.45) is 5.16 Å². The fourth-order valence-electron chi connectivity index (χ4n) is 0.857. The molecule has 1 rings (SSSR count). The van der Waals surface area contributed by atoms with Gasteiger partial charge >= 0.3 is 0 Å². The molecule has 0 bridgehead atoms. The highest BCUT2D eigenvalue weighted by molar-refractivity contribution is 5.54. The summed E-state index contributed by atoms with van der Waals surface area (Å²) < 4.78 is 5.12. The van der Waals surface area contributed by atoms with E-state index in [1.165, 1.54) is 0 Å². The van der Waals surface area contributed by atoms with Gasteiger partial charge in [0.15, 0.2) is 11.5 Å². The molecule has 0 saturated heterocycles. The molecule has 0 aliphatic carbocycles. The van der Waals surface area contributed by atoms with Crippen LogP contribution in [0.4, 0.5) is 0 Å². The molecule has 0 unspecified atom stereocenters. The van der Waals surface area contributed by atoms with Gasteiger partial charge in [-0.2, -0.15) is 0 Å². The molecule has 3 nitrogen and oxygen atoms in total. The van der Waals surface area contributed by atoms with Crippen molar-refractivity contribution in [1.82, 2.24) is 0 Å². The molecule has 1 aromatic heterocycles. The molecule has 12 heavy (non-hydrogen) atoms. The third kappa shape index (κ3) is 1.99. The smallest absolute Gasteiger partial charge is 0.196 e. The van der Waals surface area contributed by atoms with Crippen molar-refractivity contribution in [3.8, 4) is 0 Å². The van der Waals surface area contributed by atoms with Crippen LogP contribution in [0.2, 0.25) is 0 Å². The minimum absolute atomic E-state index is 0.609. The van der Waals surface area contributed by atoms with Crippen molar-refractivity contribution < 1.29 is 9.25 Å². The Balaban J connectivity index is 2.80. The van der Waals surface area contributed by atoms with Crippen LogP contribution in [0, 0.1) is 0 Å². The molecular formula is C9H11NO2. The highest BCUT2D eigenvalue weighted by atomic mass is 16.6. The van der Waals surface area contributed by atoms with Gasteiger partial charge in [0.25, 0.3) is 0 Å². The van der Waals surface area contributed by atoms with E-state index in [1.54, 1.807) is 12.3 Å². The summed E-state index contributed by atoms with van der Waals surface area (Å²) in [5, 5.41) is 3.33. The Morgan fingerprint density at radius 1 is 1.83 bits per heavy atom. The molecule has 0 N–H and O–H groups in total. The molecule has 1 aromatic rings. The van der Waals surface area contributed by atoms with Crippen molar-refractivity contribution in [2.75, 3.05) is 0 Å². The zero-order valence-electron chi connectivity index (χ0n) is 6.99. The number of rotatable bonds is 4. The quantitative estimate of drug-likeness (QED) is 0.390. The van der Waals surface area contributed by atoms with E-state index in [1.807, 2.05) is 19.1 Å². The van der Waals surface area contributed by atoms with E-state index in [4.69, 9.17) is 9.25 Å². The monoisotopic (exact) mass is 165 g/mol. The van der Waals surface area contributed by atoms with Crippen LogP contribution in [-0.2, 0) is 4.84 Å². The van der Waals surface area contributed by atoms with Crippen LogP contribution in [-0.4, -0.2) is 6.72 Å². The van der Waals surface area contributed by atoms with E-state index in [2.05, 4.69) is 11.9 Å². The Bertz CT molecular complexity index is 262. The van der Waals surface area contributed by atoms with Gasteiger partial charge in [0, 0.05) is 6.72 Å². The molecule has 0 radical (unpaired) electrons.